The lowest BCUT2D eigenvalue weighted by Gasteiger charge is -2.04. The van der Waals surface area contributed by atoms with Crippen molar-refractivity contribution in [2.45, 2.75) is 37.4 Å². The maximum Gasteiger partial charge on any atom is 0.303 e. The third kappa shape index (κ3) is 4.67. The van der Waals surface area contributed by atoms with Crippen molar-refractivity contribution in [3.8, 4) is 0 Å². The number of rotatable bonds is 5. The second-order valence-corrected chi connectivity index (χ2v) is 6.72. The van der Waals surface area contributed by atoms with E-state index in [1.54, 1.807) is 10.8 Å². The molecule has 2 atom stereocenters. The fourth-order valence-electron chi connectivity index (χ4n) is 1.32. The van der Waals surface area contributed by atoms with Gasteiger partial charge in [0, 0.05) is 17.4 Å². The first-order valence-electron chi connectivity index (χ1n) is 4.46. The molecule has 0 saturated carbocycles. The van der Waals surface area contributed by atoms with Gasteiger partial charge >= 0.3 is 5.97 Å². The Labute approximate surface area is 84.1 Å². The molecule has 0 aromatic carbocycles. The van der Waals surface area contributed by atoms with Gasteiger partial charge < -0.3 is 5.11 Å². The molecule has 76 valence electrons. The van der Waals surface area contributed by atoms with Crippen molar-refractivity contribution in [3.05, 3.63) is 0 Å². The van der Waals surface area contributed by atoms with Gasteiger partial charge in [-0.3, -0.25) is 4.79 Å². The highest BCUT2D eigenvalue weighted by atomic mass is 33.1. The number of hydrogen-bond acceptors (Lipinski definition) is 3. The molecule has 0 spiro atoms. The fraction of sp³-hybridized carbons (Fsp3) is 0.875. The van der Waals surface area contributed by atoms with Crippen LogP contribution in [0.15, 0.2) is 0 Å². The number of hydrogen-bond donors (Lipinski definition) is 1. The Morgan fingerprint density at radius 1 is 1.54 bits per heavy atom. The number of aliphatic carboxylic acids is 1. The van der Waals surface area contributed by atoms with Crippen molar-refractivity contribution in [2.24, 2.45) is 0 Å². The van der Waals surface area contributed by atoms with Crippen LogP contribution >= 0.6 is 10.8 Å². The molecule has 0 radical (unpaired) electrons. The quantitative estimate of drug-likeness (QED) is 0.569. The van der Waals surface area contributed by atoms with Crippen molar-refractivity contribution in [1.82, 2.24) is 0 Å². The summed E-state index contributed by atoms with van der Waals surface area (Å²) in [5.41, 5.74) is 0. The van der Waals surface area contributed by atoms with Crippen LogP contribution in [0.25, 0.3) is 0 Å². The third-order valence-corrected chi connectivity index (χ3v) is 5.50. The molecule has 0 aromatic heterocycles. The average Bonchev–Trinajstić information content (AvgIpc) is 2.45. The van der Waals surface area contributed by atoms with E-state index in [1.165, 1.54) is 0 Å². The summed E-state index contributed by atoms with van der Waals surface area (Å²) >= 11 is 0. The van der Waals surface area contributed by atoms with Crippen molar-refractivity contribution in [2.75, 3.05) is 5.75 Å². The second kappa shape index (κ2) is 5.65. The van der Waals surface area contributed by atoms with E-state index in [4.69, 9.17) is 5.11 Å². The zero-order chi connectivity index (χ0) is 9.68. The van der Waals surface area contributed by atoms with Gasteiger partial charge in [0.25, 0.3) is 0 Å². The summed E-state index contributed by atoms with van der Waals surface area (Å²) in [6.07, 6.45) is 4.01. The molecule has 13 heavy (non-hydrogen) atoms. The molecule has 1 N–H and O–H groups in total. The molecule has 0 amide bonds. The van der Waals surface area contributed by atoms with E-state index in [0.29, 0.717) is 5.25 Å². The van der Waals surface area contributed by atoms with Gasteiger partial charge in [-0.1, -0.05) is 17.2 Å². The molecule has 0 bridgehead atoms. The smallest absolute Gasteiger partial charge is 0.303 e. The van der Waals surface area contributed by atoms with Gasteiger partial charge in [0.05, 0.1) is 9.83 Å². The van der Waals surface area contributed by atoms with Crippen molar-refractivity contribution < 1.29 is 14.1 Å². The third-order valence-electron chi connectivity index (χ3n) is 2.02. The van der Waals surface area contributed by atoms with Crippen molar-refractivity contribution >= 4 is 26.6 Å². The first-order chi connectivity index (χ1) is 6.18. The Morgan fingerprint density at radius 3 is 2.85 bits per heavy atom. The van der Waals surface area contributed by atoms with E-state index < -0.39 is 15.8 Å². The summed E-state index contributed by atoms with van der Waals surface area (Å²) in [5.74, 6) is 0.0940. The molecule has 1 fully saturated rings. The summed E-state index contributed by atoms with van der Waals surface area (Å²) in [6, 6.07) is 0. The maximum absolute atomic E-state index is 11.0. The van der Waals surface area contributed by atoms with Crippen LogP contribution in [-0.4, -0.2) is 26.3 Å². The van der Waals surface area contributed by atoms with Gasteiger partial charge in [0.2, 0.25) is 0 Å². The first kappa shape index (κ1) is 11.0. The molecular formula is C8H14O3S2. The van der Waals surface area contributed by atoms with E-state index >= 15 is 0 Å². The number of carboxylic acids is 1. The van der Waals surface area contributed by atoms with Crippen LogP contribution in [0.5, 0.6) is 0 Å². The van der Waals surface area contributed by atoms with Crippen LogP contribution in [-0.2, 0) is 14.6 Å². The van der Waals surface area contributed by atoms with E-state index in [1.807, 2.05) is 0 Å². The highest BCUT2D eigenvalue weighted by Gasteiger charge is 2.21. The lowest BCUT2D eigenvalue weighted by Crippen LogP contribution is -1.99. The largest absolute Gasteiger partial charge is 0.481 e. The standard InChI is InChI=1S/C8H14O3S2/c9-8(10)4-2-1-3-7-5-6-13(11)12-7/h7H,1-6H2,(H,9,10)/t7-,13-/m1/s1. The van der Waals surface area contributed by atoms with Crippen LogP contribution in [0, 0.1) is 0 Å². The zero-order valence-electron chi connectivity index (χ0n) is 7.40. The normalized spacial score (nSPS) is 27.7. The molecule has 5 heteroatoms. The molecule has 0 aromatic rings. The Kier molecular flexibility index (Phi) is 4.80. The first-order valence-corrected chi connectivity index (χ1v) is 7.17. The molecule has 0 unspecified atom stereocenters. The maximum atomic E-state index is 11.0. The van der Waals surface area contributed by atoms with E-state index in [9.17, 15) is 9.00 Å². The minimum Gasteiger partial charge on any atom is -0.481 e. The van der Waals surface area contributed by atoms with Gasteiger partial charge in [-0.05, 0) is 19.3 Å². The number of carbonyl (C=O) groups is 1. The van der Waals surface area contributed by atoms with Crippen LogP contribution in [0.2, 0.25) is 0 Å². The van der Waals surface area contributed by atoms with E-state index in [-0.39, 0.29) is 6.42 Å². The summed E-state index contributed by atoms with van der Waals surface area (Å²) in [6.45, 7) is 0. The van der Waals surface area contributed by atoms with Gasteiger partial charge in [0.15, 0.2) is 0 Å². The monoisotopic (exact) mass is 222 g/mol. The summed E-state index contributed by atoms with van der Waals surface area (Å²) in [7, 11) is 0.882. The molecule has 1 aliphatic heterocycles. The fourth-order valence-corrected chi connectivity index (χ4v) is 4.88. The zero-order valence-corrected chi connectivity index (χ0v) is 9.03. The van der Waals surface area contributed by atoms with Gasteiger partial charge in [0.1, 0.15) is 0 Å². The predicted octanol–water partition coefficient (Wildman–Crippen LogP) is 1.80. The summed E-state index contributed by atoms with van der Waals surface area (Å²) in [4.78, 5) is 10.2. The molecule has 0 aliphatic carbocycles. The van der Waals surface area contributed by atoms with Crippen molar-refractivity contribution in [3.63, 3.8) is 0 Å². The lowest BCUT2D eigenvalue weighted by atomic mass is 10.1. The van der Waals surface area contributed by atoms with Crippen LogP contribution in [0.3, 0.4) is 0 Å². The van der Waals surface area contributed by atoms with Crippen LogP contribution in [0.1, 0.15) is 32.1 Å². The predicted molar refractivity (Wildman–Crippen MR) is 55.1 cm³/mol. The second-order valence-electron chi connectivity index (χ2n) is 3.15. The summed E-state index contributed by atoms with van der Waals surface area (Å²) < 4.78 is 11.0. The Morgan fingerprint density at radius 2 is 2.31 bits per heavy atom. The minimum absolute atomic E-state index is 0.264. The molecule has 1 rings (SSSR count). The summed E-state index contributed by atoms with van der Waals surface area (Å²) in [5, 5.41) is 8.90. The lowest BCUT2D eigenvalue weighted by molar-refractivity contribution is -0.137. The van der Waals surface area contributed by atoms with E-state index in [2.05, 4.69) is 0 Å². The Balaban J connectivity index is 2.00. The van der Waals surface area contributed by atoms with E-state index in [0.717, 1.165) is 31.4 Å². The number of carboxylic acid groups (broad SMARTS) is 1. The molecule has 1 aliphatic rings. The van der Waals surface area contributed by atoms with Gasteiger partial charge in [-0.25, -0.2) is 4.21 Å². The topological polar surface area (TPSA) is 54.4 Å². The molecule has 1 heterocycles. The number of unbranched alkanes of at least 4 members (excludes halogenated alkanes) is 1. The molecule has 1 saturated heterocycles. The molecular weight excluding hydrogens is 208 g/mol. The SMILES string of the molecule is O=C(O)CCCC[C@@H]1CC[S@](=O)S1. The van der Waals surface area contributed by atoms with Gasteiger partial charge in [-0.2, -0.15) is 0 Å². The van der Waals surface area contributed by atoms with Gasteiger partial charge in [-0.15, -0.1) is 0 Å². The Hall–Kier alpha value is -0.0300. The van der Waals surface area contributed by atoms with Crippen LogP contribution in [0.4, 0.5) is 0 Å². The van der Waals surface area contributed by atoms with Crippen molar-refractivity contribution in [1.29, 1.82) is 0 Å². The average molecular weight is 222 g/mol. The Bertz CT molecular complexity index is 206. The van der Waals surface area contributed by atoms with Crippen LogP contribution < -0.4 is 0 Å². The molecule has 3 nitrogen and oxygen atoms in total. The highest BCUT2D eigenvalue weighted by Crippen LogP contribution is 2.31. The minimum atomic E-state index is -0.720. The highest BCUT2D eigenvalue weighted by molar-refractivity contribution is 8.69.